The molecule has 1 aromatic rings. The third-order valence-electron chi connectivity index (χ3n) is 4.27. The van der Waals surface area contributed by atoms with E-state index in [9.17, 15) is 9.59 Å². The SMILES string of the molecule is CC(=O)N1CCN(C(=O)NC2CCOc3ccccc32)CC1. The third kappa shape index (κ3) is 3.00. The molecule has 1 fully saturated rings. The summed E-state index contributed by atoms with van der Waals surface area (Å²) in [5.41, 5.74) is 1.03. The van der Waals surface area contributed by atoms with Gasteiger partial charge in [0.05, 0.1) is 12.6 Å². The van der Waals surface area contributed by atoms with Gasteiger partial charge in [-0.2, -0.15) is 0 Å². The fourth-order valence-corrected chi connectivity index (χ4v) is 2.96. The summed E-state index contributed by atoms with van der Waals surface area (Å²) in [5, 5.41) is 3.09. The first-order valence-corrected chi connectivity index (χ1v) is 7.68. The van der Waals surface area contributed by atoms with Crippen LogP contribution in [0.3, 0.4) is 0 Å². The number of amides is 3. The Morgan fingerprint density at radius 2 is 1.82 bits per heavy atom. The summed E-state index contributed by atoms with van der Waals surface area (Å²) in [6, 6.07) is 7.74. The van der Waals surface area contributed by atoms with Crippen LogP contribution in [0.25, 0.3) is 0 Å². The molecule has 0 spiro atoms. The van der Waals surface area contributed by atoms with E-state index in [-0.39, 0.29) is 18.0 Å². The molecule has 118 valence electrons. The van der Waals surface area contributed by atoms with E-state index in [1.165, 1.54) is 0 Å². The lowest BCUT2D eigenvalue weighted by Crippen LogP contribution is -2.53. The average Bonchev–Trinajstić information content (AvgIpc) is 2.55. The summed E-state index contributed by atoms with van der Waals surface area (Å²) in [6.07, 6.45) is 0.774. The number of piperazine rings is 1. The van der Waals surface area contributed by atoms with Crippen molar-refractivity contribution in [3.05, 3.63) is 29.8 Å². The van der Waals surface area contributed by atoms with Crippen molar-refractivity contribution in [2.45, 2.75) is 19.4 Å². The molecular formula is C16H21N3O3. The van der Waals surface area contributed by atoms with Crippen molar-refractivity contribution in [2.24, 2.45) is 0 Å². The number of para-hydroxylation sites is 1. The van der Waals surface area contributed by atoms with Crippen molar-refractivity contribution in [3.63, 3.8) is 0 Å². The smallest absolute Gasteiger partial charge is 0.318 e. The zero-order chi connectivity index (χ0) is 15.5. The van der Waals surface area contributed by atoms with E-state index < -0.39 is 0 Å². The van der Waals surface area contributed by atoms with Gasteiger partial charge >= 0.3 is 6.03 Å². The zero-order valence-corrected chi connectivity index (χ0v) is 12.7. The van der Waals surface area contributed by atoms with Crippen molar-refractivity contribution in [1.29, 1.82) is 0 Å². The number of fused-ring (bicyclic) bond motifs is 1. The van der Waals surface area contributed by atoms with Crippen LogP contribution in [0.4, 0.5) is 4.79 Å². The second kappa shape index (κ2) is 6.25. The van der Waals surface area contributed by atoms with Crippen molar-refractivity contribution in [2.75, 3.05) is 32.8 Å². The molecule has 3 amide bonds. The largest absolute Gasteiger partial charge is 0.493 e. The van der Waals surface area contributed by atoms with Crippen LogP contribution in [0.2, 0.25) is 0 Å². The van der Waals surface area contributed by atoms with Gasteiger partial charge in [-0.15, -0.1) is 0 Å². The van der Waals surface area contributed by atoms with Crippen LogP contribution in [-0.2, 0) is 4.79 Å². The van der Waals surface area contributed by atoms with E-state index in [0.717, 1.165) is 17.7 Å². The lowest BCUT2D eigenvalue weighted by Gasteiger charge is -2.35. The molecule has 0 aliphatic carbocycles. The summed E-state index contributed by atoms with van der Waals surface area (Å²) in [7, 11) is 0. The highest BCUT2D eigenvalue weighted by Gasteiger charge is 2.27. The molecule has 1 saturated heterocycles. The predicted octanol–water partition coefficient (Wildman–Crippen LogP) is 1.38. The van der Waals surface area contributed by atoms with Gasteiger partial charge in [0.2, 0.25) is 5.91 Å². The topological polar surface area (TPSA) is 61.9 Å². The maximum atomic E-state index is 12.4. The maximum Gasteiger partial charge on any atom is 0.318 e. The summed E-state index contributed by atoms with van der Waals surface area (Å²) in [5.74, 6) is 0.916. The quantitative estimate of drug-likeness (QED) is 0.852. The van der Waals surface area contributed by atoms with Crippen LogP contribution in [0, 0.1) is 0 Å². The molecule has 2 heterocycles. The van der Waals surface area contributed by atoms with E-state index >= 15 is 0 Å². The molecule has 2 aliphatic rings. The number of nitrogens with zero attached hydrogens (tertiary/aromatic N) is 2. The van der Waals surface area contributed by atoms with Gasteiger partial charge in [0.15, 0.2) is 0 Å². The normalized spacial score (nSPS) is 20.9. The van der Waals surface area contributed by atoms with Crippen molar-refractivity contribution in [3.8, 4) is 5.75 Å². The Labute approximate surface area is 130 Å². The number of urea groups is 1. The lowest BCUT2D eigenvalue weighted by molar-refractivity contribution is -0.130. The monoisotopic (exact) mass is 303 g/mol. The minimum absolute atomic E-state index is 0.0108. The second-order valence-electron chi connectivity index (χ2n) is 5.67. The number of hydrogen-bond donors (Lipinski definition) is 1. The van der Waals surface area contributed by atoms with E-state index in [1.54, 1.807) is 16.7 Å². The van der Waals surface area contributed by atoms with Gasteiger partial charge in [0, 0.05) is 45.1 Å². The van der Waals surface area contributed by atoms with E-state index in [4.69, 9.17) is 4.74 Å². The molecule has 1 atom stereocenters. The molecule has 1 N–H and O–H groups in total. The van der Waals surface area contributed by atoms with Gasteiger partial charge in [-0.3, -0.25) is 4.79 Å². The maximum absolute atomic E-state index is 12.4. The van der Waals surface area contributed by atoms with Crippen LogP contribution in [-0.4, -0.2) is 54.5 Å². The first kappa shape index (κ1) is 14.7. The summed E-state index contributed by atoms with van der Waals surface area (Å²) in [4.78, 5) is 27.3. The Bertz CT molecular complexity index is 568. The van der Waals surface area contributed by atoms with E-state index in [0.29, 0.717) is 32.8 Å². The first-order valence-electron chi connectivity index (χ1n) is 7.68. The Hall–Kier alpha value is -2.24. The van der Waals surface area contributed by atoms with Crippen LogP contribution < -0.4 is 10.1 Å². The standard InChI is InChI=1S/C16H21N3O3/c1-12(20)18-7-9-19(10-8-18)16(21)17-14-6-11-22-15-5-3-2-4-13(14)15/h2-5,14H,6-11H2,1H3,(H,17,21). The van der Waals surface area contributed by atoms with Crippen LogP contribution in [0.15, 0.2) is 24.3 Å². The highest BCUT2D eigenvalue weighted by Crippen LogP contribution is 2.31. The number of hydrogen-bond acceptors (Lipinski definition) is 3. The third-order valence-corrected chi connectivity index (χ3v) is 4.27. The van der Waals surface area contributed by atoms with Crippen LogP contribution >= 0.6 is 0 Å². The van der Waals surface area contributed by atoms with Crippen molar-refractivity contribution in [1.82, 2.24) is 15.1 Å². The number of ether oxygens (including phenoxy) is 1. The molecule has 6 heteroatoms. The second-order valence-corrected chi connectivity index (χ2v) is 5.67. The molecular weight excluding hydrogens is 282 g/mol. The summed E-state index contributed by atoms with van der Waals surface area (Å²) in [6.45, 7) is 4.54. The number of benzene rings is 1. The average molecular weight is 303 g/mol. The fourth-order valence-electron chi connectivity index (χ4n) is 2.96. The Kier molecular flexibility index (Phi) is 4.18. The van der Waals surface area contributed by atoms with Gasteiger partial charge in [-0.05, 0) is 6.07 Å². The van der Waals surface area contributed by atoms with E-state index in [2.05, 4.69) is 5.32 Å². The Morgan fingerprint density at radius 1 is 1.14 bits per heavy atom. The molecule has 1 unspecified atom stereocenters. The number of carbonyl (C=O) groups excluding carboxylic acids is 2. The zero-order valence-electron chi connectivity index (χ0n) is 12.7. The molecule has 0 radical (unpaired) electrons. The number of nitrogens with one attached hydrogen (secondary N) is 1. The molecule has 2 aliphatic heterocycles. The lowest BCUT2D eigenvalue weighted by atomic mass is 10.0. The molecule has 0 saturated carbocycles. The molecule has 0 bridgehead atoms. The minimum atomic E-state index is -0.0649. The van der Waals surface area contributed by atoms with Gasteiger partial charge in [0.25, 0.3) is 0 Å². The highest BCUT2D eigenvalue weighted by atomic mass is 16.5. The number of carbonyl (C=O) groups is 2. The van der Waals surface area contributed by atoms with Gasteiger partial charge in [0.1, 0.15) is 5.75 Å². The fraction of sp³-hybridized carbons (Fsp3) is 0.500. The van der Waals surface area contributed by atoms with Crippen molar-refractivity contribution >= 4 is 11.9 Å². The molecule has 6 nitrogen and oxygen atoms in total. The van der Waals surface area contributed by atoms with Gasteiger partial charge in [-0.25, -0.2) is 4.79 Å². The van der Waals surface area contributed by atoms with Gasteiger partial charge < -0.3 is 19.9 Å². The summed E-state index contributed by atoms with van der Waals surface area (Å²) < 4.78 is 5.61. The Balaban J connectivity index is 1.60. The van der Waals surface area contributed by atoms with E-state index in [1.807, 2.05) is 24.3 Å². The highest BCUT2D eigenvalue weighted by molar-refractivity contribution is 5.76. The Morgan fingerprint density at radius 3 is 2.55 bits per heavy atom. The molecule has 3 rings (SSSR count). The van der Waals surface area contributed by atoms with Crippen LogP contribution in [0.1, 0.15) is 24.9 Å². The first-order chi connectivity index (χ1) is 10.6. The molecule has 22 heavy (non-hydrogen) atoms. The predicted molar refractivity (Wildman–Crippen MR) is 81.7 cm³/mol. The molecule has 1 aromatic carbocycles. The summed E-state index contributed by atoms with van der Waals surface area (Å²) >= 11 is 0. The van der Waals surface area contributed by atoms with Crippen LogP contribution in [0.5, 0.6) is 5.75 Å². The van der Waals surface area contributed by atoms with Gasteiger partial charge in [-0.1, -0.05) is 18.2 Å². The molecule has 0 aromatic heterocycles. The minimum Gasteiger partial charge on any atom is -0.493 e. The van der Waals surface area contributed by atoms with Crippen molar-refractivity contribution < 1.29 is 14.3 Å². The number of rotatable bonds is 1.